The lowest BCUT2D eigenvalue weighted by molar-refractivity contribution is 0.165. The van der Waals surface area contributed by atoms with Gasteiger partial charge in [-0.3, -0.25) is 4.90 Å². The predicted molar refractivity (Wildman–Crippen MR) is 90.4 cm³/mol. The minimum atomic E-state index is 0.283. The Labute approximate surface area is 145 Å². The summed E-state index contributed by atoms with van der Waals surface area (Å²) in [6.45, 7) is 7.26. The van der Waals surface area contributed by atoms with Gasteiger partial charge in [0.05, 0.1) is 29.4 Å². The number of hydrogen-bond acceptors (Lipinski definition) is 6. The van der Waals surface area contributed by atoms with Gasteiger partial charge in [-0.05, 0) is 32.9 Å². The molecule has 0 amide bonds. The number of nitrogens with zero attached hydrogens (tertiary/aromatic N) is 4. The molecular formula is C17H19ClN4O2. The largest absolute Gasteiger partial charge is 0.419 e. The van der Waals surface area contributed by atoms with Crippen LogP contribution in [-0.4, -0.2) is 26.3 Å². The van der Waals surface area contributed by atoms with Crippen LogP contribution >= 0.6 is 11.6 Å². The van der Waals surface area contributed by atoms with Crippen molar-refractivity contribution in [1.82, 2.24) is 20.3 Å². The van der Waals surface area contributed by atoms with Crippen LogP contribution in [0.25, 0.3) is 11.5 Å². The van der Waals surface area contributed by atoms with Gasteiger partial charge in [-0.25, -0.2) is 0 Å². The smallest absolute Gasteiger partial charge is 0.249 e. The van der Waals surface area contributed by atoms with Crippen LogP contribution < -0.4 is 0 Å². The van der Waals surface area contributed by atoms with Gasteiger partial charge in [0.15, 0.2) is 5.76 Å². The molecule has 0 spiro atoms. The third kappa shape index (κ3) is 3.83. The van der Waals surface area contributed by atoms with Gasteiger partial charge < -0.3 is 8.94 Å². The van der Waals surface area contributed by atoms with Crippen LogP contribution in [0.1, 0.15) is 31.2 Å². The summed E-state index contributed by atoms with van der Waals surface area (Å²) in [4.78, 5) is 2.17. The van der Waals surface area contributed by atoms with E-state index in [0.29, 0.717) is 29.9 Å². The highest BCUT2D eigenvalue weighted by atomic mass is 35.5. The van der Waals surface area contributed by atoms with Crippen molar-refractivity contribution < 1.29 is 8.94 Å². The SMILES string of the molecule is Cc1cc(CN(Cc2nnc(-c3ccccc3Cl)o2)C(C)C)on1. The van der Waals surface area contributed by atoms with Gasteiger partial charge in [0, 0.05) is 12.1 Å². The highest BCUT2D eigenvalue weighted by Crippen LogP contribution is 2.26. The Hall–Kier alpha value is -2.18. The van der Waals surface area contributed by atoms with E-state index >= 15 is 0 Å². The first kappa shape index (κ1) is 16.7. The third-order valence-corrected chi connectivity index (χ3v) is 4.01. The van der Waals surface area contributed by atoms with Crippen molar-refractivity contribution in [3.8, 4) is 11.5 Å². The molecule has 2 aromatic heterocycles. The number of aryl methyl sites for hydroxylation is 1. The van der Waals surface area contributed by atoms with E-state index in [0.717, 1.165) is 17.0 Å². The first-order valence-corrected chi connectivity index (χ1v) is 8.14. The number of hydrogen-bond donors (Lipinski definition) is 0. The molecule has 0 bridgehead atoms. The van der Waals surface area contributed by atoms with Crippen LogP contribution in [0.5, 0.6) is 0 Å². The Morgan fingerprint density at radius 3 is 2.62 bits per heavy atom. The fraction of sp³-hybridized carbons (Fsp3) is 0.353. The maximum atomic E-state index is 6.18. The number of benzene rings is 1. The zero-order valence-electron chi connectivity index (χ0n) is 13.9. The Balaban J connectivity index is 1.75. The third-order valence-electron chi connectivity index (χ3n) is 3.68. The van der Waals surface area contributed by atoms with Gasteiger partial charge in [0.1, 0.15) is 0 Å². The summed E-state index contributed by atoms with van der Waals surface area (Å²) in [5, 5.41) is 12.8. The fourth-order valence-corrected chi connectivity index (χ4v) is 2.56. The lowest BCUT2D eigenvalue weighted by atomic mass is 10.2. The molecule has 0 saturated heterocycles. The molecule has 0 unspecified atom stereocenters. The maximum Gasteiger partial charge on any atom is 0.249 e. The molecule has 0 aliphatic carbocycles. The summed E-state index contributed by atoms with van der Waals surface area (Å²) in [7, 11) is 0. The van der Waals surface area contributed by atoms with Crippen molar-refractivity contribution in [3.05, 3.63) is 52.7 Å². The molecule has 7 heteroatoms. The second-order valence-electron chi connectivity index (χ2n) is 5.91. The van der Waals surface area contributed by atoms with Crippen LogP contribution in [0, 0.1) is 6.92 Å². The first-order valence-electron chi connectivity index (χ1n) is 7.76. The minimum absolute atomic E-state index is 0.283. The highest BCUT2D eigenvalue weighted by molar-refractivity contribution is 6.33. The first-order chi connectivity index (χ1) is 11.5. The standard InChI is InChI=1S/C17H19ClN4O2/c1-11(2)22(9-13-8-12(3)21-24-13)10-16-19-20-17(23-16)14-6-4-5-7-15(14)18/h4-8,11H,9-10H2,1-3H3. The van der Waals surface area contributed by atoms with E-state index in [1.165, 1.54) is 0 Å². The van der Waals surface area contributed by atoms with Gasteiger partial charge in [0.25, 0.3) is 0 Å². The lowest BCUT2D eigenvalue weighted by Gasteiger charge is -2.23. The molecule has 0 N–H and O–H groups in total. The topological polar surface area (TPSA) is 68.2 Å². The summed E-state index contributed by atoms with van der Waals surface area (Å²) in [6, 6.07) is 9.62. The van der Waals surface area contributed by atoms with Gasteiger partial charge >= 0.3 is 0 Å². The number of halogens is 1. The van der Waals surface area contributed by atoms with Crippen LogP contribution in [0.15, 0.2) is 39.3 Å². The van der Waals surface area contributed by atoms with E-state index in [-0.39, 0.29) is 6.04 Å². The fourth-order valence-electron chi connectivity index (χ4n) is 2.35. The zero-order valence-corrected chi connectivity index (χ0v) is 14.6. The second-order valence-corrected chi connectivity index (χ2v) is 6.32. The van der Waals surface area contributed by atoms with Crippen molar-refractivity contribution in [2.45, 2.75) is 39.9 Å². The van der Waals surface area contributed by atoms with Crippen LogP contribution in [0.2, 0.25) is 5.02 Å². The monoisotopic (exact) mass is 346 g/mol. The molecule has 0 radical (unpaired) electrons. The van der Waals surface area contributed by atoms with Crippen LogP contribution in [0.3, 0.4) is 0 Å². The average molecular weight is 347 g/mol. The maximum absolute atomic E-state index is 6.18. The predicted octanol–water partition coefficient (Wildman–Crippen LogP) is 4.10. The van der Waals surface area contributed by atoms with Gasteiger partial charge in [0.2, 0.25) is 11.8 Å². The minimum Gasteiger partial charge on any atom is -0.419 e. The number of aromatic nitrogens is 3. The van der Waals surface area contributed by atoms with E-state index in [2.05, 4.69) is 34.1 Å². The molecule has 0 atom stereocenters. The summed E-state index contributed by atoms with van der Waals surface area (Å²) < 4.78 is 11.1. The summed E-state index contributed by atoms with van der Waals surface area (Å²) in [5.74, 6) is 1.77. The Morgan fingerprint density at radius 2 is 1.96 bits per heavy atom. The van der Waals surface area contributed by atoms with E-state index < -0.39 is 0 Å². The molecule has 0 aliphatic heterocycles. The van der Waals surface area contributed by atoms with Crippen molar-refractivity contribution in [2.24, 2.45) is 0 Å². The summed E-state index contributed by atoms with van der Waals surface area (Å²) in [5.41, 5.74) is 1.60. The molecule has 1 aromatic carbocycles. The molecule has 6 nitrogen and oxygen atoms in total. The molecule has 3 aromatic rings. The van der Waals surface area contributed by atoms with Crippen LogP contribution in [-0.2, 0) is 13.1 Å². The van der Waals surface area contributed by atoms with Gasteiger partial charge in [-0.15, -0.1) is 10.2 Å². The summed E-state index contributed by atoms with van der Waals surface area (Å²) in [6.07, 6.45) is 0. The molecule has 126 valence electrons. The summed E-state index contributed by atoms with van der Waals surface area (Å²) >= 11 is 6.18. The second kappa shape index (κ2) is 7.15. The van der Waals surface area contributed by atoms with Gasteiger partial charge in [-0.1, -0.05) is 28.9 Å². The zero-order chi connectivity index (χ0) is 17.1. The van der Waals surface area contributed by atoms with Crippen molar-refractivity contribution in [2.75, 3.05) is 0 Å². The number of rotatable bonds is 6. The molecule has 0 aliphatic rings. The van der Waals surface area contributed by atoms with Crippen molar-refractivity contribution in [1.29, 1.82) is 0 Å². The Bertz CT molecular complexity index is 812. The van der Waals surface area contributed by atoms with E-state index in [4.69, 9.17) is 20.5 Å². The lowest BCUT2D eigenvalue weighted by Crippen LogP contribution is -2.29. The highest BCUT2D eigenvalue weighted by Gasteiger charge is 2.18. The van der Waals surface area contributed by atoms with Crippen molar-refractivity contribution in [3.63, 3.8) is 0 Å². The Kier molecular flexibility index (Phi) is 4.97. The average Bonchev–Trinajstić information content (AvgIpc) is 3.16. The molecule has 2 heterocycles. The van der Waals surface area contributed by atoms with E-state index in [1.807, 2.05) is 31.2 Å². The van der Waals surface area contributed by atoms with E-state index in [1.54, 1.807) is 6.07 Å². The normalized spacial score (nSPS) is 11.6. The molecule has 3 rings (SSSR count). The quantitative estimate of drug-likeness (QED) is 0.669. The van der Waals surface area contributed by atoms with Crippen LogP contribution in [0.4, 0.5) is 0 Å². The van der Waals surface area contributed by atoms with Crippen molar-refractivity contribution >= 4 is 11.6 Å². The Morgan fingerprint density at radius 1 is 1.17 bits per heavy atom. The molecule has 0 fully saturated rings. The molecular weight excluding hydrogens is 328 g/mol. The molecule has 24 heavy (non-hydrogen) atoms. The van der Waals surface area contributed by atoms with Gasteiger partial charge in [-0.2, -0.15) is 0 Å². The molecule has 0 saturated carbocycles. The van der Waals surface area contributed by atoms with E-state index in [9.17, 15) is 0 Å².